The average Bonchev–Trinajstić information content (AvgIpc) is 2.16. The third-order valence-corrected chi connectivity index (χ3v) is 2.19. The van der Waals surface area contributed by atoms with Crippen LogP contribution in [-0.2, 0) is 6.42 Å². The van der Waals surface area contributed by atoms with Crippen LogP contribution in [0.25, 0.3) is 0 Å². The average molecular weight is 189 g/mol. The Bertz CT molecular complexity index is 416. The van der Waals surface area contributed by atoms with E-state index in [1.807, 2.05) is 19.9 Å². The molecule has 3 nitrogen and oxygen atoms in total. The van der Waals surface area contributed by atoms with Crippen molar-refractivity contribution in [3.8, 4) is 6.07 Å². The molecule has 0 heterocycles. The monoisotopic (exact) mass is 189 g/mol. The largest absolute Gasteiger partial charge is 0.478 e. The first-order valence-electron chi connectivity index (χ1n) is 4.37. The van der Waals surface area contributed by atoms with E-state index in [9.17, 15) is 4.79 Å². The Kier molecular flexibility index (Phi) is 2.88. The van der Waals surface area contributed by atoms with Gasteiger partial charge < -0.3 is 5.11 Å². The summed E-state index contributed by atoms with van der Waals surface area (Å²) in [5.41, 5.74) is 2.31. The lowest BCUT2D eigenvalue weighted by Crippen LogP contribution is -2.04. The zero-order valence-electron chi connectivity index (χ0n) is 8.16. The molecule has 0 saturated heterocycles. The van der Waals surface area contributed by atoms with Gasteiger partial charge in [-0.25, -0.2) is 4.79 Å². The molecule has 1 N–H and O–H groups in total. The van der Waals surface area contributed by atoms with Crippen molar-refractivity contribution < 1.29 is 9.90 Å². The summed E-state index contributed by atoms with van der Waals surface area (Å²) in [4.78, 5) is 10.9. The van der Waals surface area contributed by atoms with E-state index >= 15 is 0 Å². The molecule has 0 amide bonds. The Balaban J connectivity index is 3.45. The first kappa shape index (κ1) is 10.3. The van der Waals surface area contributed by atoms with Crippen molar-refractivity contribution in [2.24, 2.45) is 0 Å². The highest BCUT2D eigenvalue weighted by Crippen LogP contribution is 2.17. The molecule has 3 heteroatoms. The van der Waals surface area contributed by atoms with Gasteiger partial charge in [0.15, 0.2) is 0 Å². The van der Waals surface area contributed by atoms with Crippen LogP contribution in [0, 0.1) is 18.3 Å². The highest BCUT2D eigenvalue weighted by atomic mass is 16.4. The summed E-state index contributed by atoms with van der Waals surface area (Å²) >= 11 is 0. The maximum Gasteiger partial charge on any atom is 0.336 e. The quantitative estimate of drug-likeness (QED) is 0.775. The van der Waals surface area contributed by atoms with Gasteiger partial charge in [-0.1, -0.05) is 6.92 Å². The minimum Gasteiger partial charge on any atom is -0.478 e. The molecule has 0 spiro atoms. The minimum absolute atomic E-state index is 0.240. The summed E-state index contributed by atoms with van der Waals surface area (Å²) in [5, 5.41) is 17.6. The number of nitriles is 1. The fourth-order valence-electron chi connectivity index (χ4n) is 1.54. The summed E-state index contributed by atoms with van der Waals surface area (Å²) in [6.07, 6.45) is 0.666. The lowest BCUT2D eigenvalue weighted by molar-refractivity contribution is 0.0695. The van der Waals surface area contributed by atoms with E-state index in [-0.39, 0.29) is 5.56 Å². The van der Waals surface area contributed by atoms with Crippen molar-refractivity contribution in [3.63, 3.8) is 0 Å². The van der Waals surface area contributed by atoms with E-state index in [2.05, 4.69) is 0 Å². The number of aromatic carboxylic acids is 1. The Labute approximate surface area is 82.6 Å². The van der Waals surface area contributed by atoms with Crippen LogP contribution in [0.5, 0.6) is 0 Å². The summed E-state index contributed by atoms with van der Waals surface area (Å²) < 4.78 is 0. The molecule has 1 aromatic rings. The van der Waals surface area contributed by atoms with Gasteiger partial charge in [0.1, 0.15) is 0 Å². The summed E-state index contributed by atoms with van der Waals surface area (Å²) in [5.74, 6) is -0.970. The third kappa shape index (κ3) is 1.74. The van der Waals surface area contributed by atoms with Gasteiger partial charge in [-0.15, -0.1) is 0 Å². The normalized spacial score (nSPS) is 9.50. The van der Waals surface area contributed by atoms with Crippen molar-refractivity contribution in [3.05, 3.63) is 34.4 Å². The van der Waals surface area contributed by atoms with Crippen LogP contribution in [0.2, 0.25) is 0 Å². The number of nitrogens with zero attached hydrogens (tertiary/aromatic N) is 1. The van der Waals surface area contributed by atoms with Gasteiger partial charge >= 0.3 is 5.97 Å². The fraction of sp³-hybridized carbons (Fsp3) is 0.273. The molecule has 1 aromatic carbocycles. The number of hydrogen-bond acceptors (Lipinski definition) is 2. The van der Waals surface area contributed by atoms with Crippen LogP contribution in [0.3, 0.4) is 0 Å². The van der Waals surface area contributed by atoms with E-state index < -0.39 is 5.97 Å². The summed E-state index contributed by atoms with van der Waals surface area (Å²) in [6.45, 7) is 3.73. The Morgan fingerprint density at radius 1 is 1.57 bits per heavy atom. The van der Waals surface area contributed by atoms with Crippen molar-refractivity contribution in [1.82, 2.24) is 0 Å². The molecule has 0 bridgehead atoms. The smallest absolute Gasteiger partial charge is 0.336 e. The van der Waals surface area contributed by atoms with Crippen LogP contribution in [0.1, 0.15) is 34.0 Å². The molecule has 72 valence electrons. The predicted octanol–water partition coefficient (Wildman–Crippen LogP) is 2.13. The molecule has 0 fully saturated rings. The van der Waals surface area contributed by atoms with Gasteiger partial charge in [0.25, 0.3) is 0 Å². The number of aryl methyl sites for hydroxylation is 1. The molecule has 0 aliphatic rings. The standard InChI is InChI=1S/C11H11NO2/c1-3-9-7(2)4-8(6-12)5-10(9)11(13)14/h4-5H,3H2,1-2H3,(H,13,14). The molecular weight excluding hydrogens is 178 g/mol. The second-order valence-corrected chi connectivity index (χ2v) is 3.09. The van der Waals surface area contributed by atoms with Crippen LogP contribution >= 0.6 is 0 Å². The summed E-state index contributed by atoms with van der Waals surface area (Å²) in [7, 11) is 0. The zero-order chi connectivity index (χ0) is 10.7. The van der Waals surface area contributed by atoms with Gasteiger partial charge in [0.05, 0.1) is 17.2 Å². The number of hydrogen-bond donors (Lipinski definition) is 1. The third-order valence-electron chi connectivity index (χ3n) is 2.19. The van der Waals surface area contributed by atoms with Crippen LogP contribution in [0.4, 0.5) is 0 Å². The highest BCUT2D eigenvalue weighted by Gasteiger charge is 2.12. The van der Waals surface area contributed by atoms with Crippen LogP contribution in [0.15, 0.2) is 12.1 Å². The van der Waals surface area contributed by atoms with Crippen LogP contribution in [-0.4, -0.2) is 11.1 Å². The van der Waals surface area contributed by atoms with Gasteiger partial charge in [0, 0.05) is 0 Å². The van der Waals surface area contributed by atoms with E-state index in [1.54, 1.807) is 6.07 Å². The molecule has 1 rings (SSSR count). The van der Waals surface area contributed by atoms with E-state index in [0.29, 0.717) is 12.0 Å². The van der Waals surface area contributed by atoms with Gasteiger partial charge in [-0.05, 0) is 36.6 Å². The predicted molar refractivity (Wildman–Crippen MR) is 52.2 cm³/mol. The zero-order valence-corrected chi connectivity index (χ0v) is 8.16. The Hall–Kier alpha value is -1.82. The first-order valence-corrected chi connectivity index (χ1v) is 4.37. The van der Waals surface area contributed by atoms with Crippen molar-refractivity contribution >= 4 is 5.97 Å². The maximum absolute atomic E-state index is 10.9. The van der Waals surface area contributed by atoms with E-state index in [0.717, 1.165) is 11.1 Å². The van der Waals surface area contributed by atoms with Crippen molar-refractivity contribution in [2.45, 2.75) is 20.3 Å². The molecule has 0 aromatic heterocycles. The van der Waals surface area contributed by atoms with E-state index in [4.69, 9.17) is 10.4 Å². The molecule has 0 radical (unpaired) electrons. The maximum atomic E-state index is 10.9. The fourth-order valence-corrected chi connectivity index (χ4v) is 1.54. The molecule has 0 aliphatic heterocycles. The molecule has 0 aliphatic carbocycles. The lowest BCUT2D eigenvalue weighted by atomic mass is 9.97. The molecule has 14 heavy (non-hydrogen) atoms. The Morgan fingerprint density at radius 2 is 2.21 bits per heavy atom. The van der Waals surface area contributed by atoms with Crippen LogP contribution < -0.4 is 0 Å². The number of rotatable bonds is 2. The molecular formula is C11H11NO2. The number of carboxylic acids is 1. The number of benzene rings is 1. The van der Waals surface area contributed by atoms with Gasteiger partial charge in [-0.3, -0.25) is 0 Å². The topological polar surface area (TPSA) is 61.1 Å². The molecule has 0 atom stereocenters. The second kappa shape index (κ2) is 3.93. The SMILES string of the molecule is CCc1c(C)cc(C#N)cc1C(=O)O. The van der Waals surface area contributed by atoms with Crippen molar-refractivity contribution in [1.29, 1.82) is 5.26 Å². The number of carboxylic acid groups (broad SMARTS) is 1. The van der Waals surface area contributed by atoms with Gasteiger partial charge in [0.2, 0.25) is 0 Å². The highest BCUT2D eigenvalue weighted by molar-refractivity contribution is 5.90. The lowest BCUT2D eigenvalue weighted by Gasteiger charge is -2.07. The Morgan fingerprint density at radius 3 is 2.64 bits per heavy atom. The molecule has 0 unspecified atom stereocenters. The summed E-state index contributed by atoms with van der Waals surface area (Å²) in [6, 6.07) is 5.09. The van der Waals surface area contributed by atoms with Crippen molar-refractivity contribution in [2.75, 3.05) is 0 Å². The molecule has 0 saturated carbocycles. The second-order valence-electron chi connectivity index (χ2n) is 3.09. The first-order chi connectivity index (χ1) is 6.60. The van der Waals surface area contributed by atoms with Gasteiger partial charge in [-0.2, -0.15) is 5.26 Å². The van der Waals surface area contributed by atoms with E-state index in [1.165, 1.54) is 6.07 Å². The number of carbonyl (C=O) groups is 1. The minimum atomic E-state index is -0.970.